The number of carbonyl (C=O) groups excluding carboxylic acids is 1. The van der Waals surface area contributed by atoms with Crippen LogP contribution in [0, 0.1) is 0 Å². The zero-order valence-electron chi connectivity index (χ0n) is 12.8. The summed E-state index contributed by atoms with van der Waals surface area (Å²) >= 11 is 3.39. The highest BCUT2D eigenvalue weighted by molar-refractivity contribution is 7.22. The Morgan fingerprint density at radius 2 is 2.22 bits per heavy atom. The van der Waals surface area contributed by atoms with Crippen molar-refractivity contribution in [1.82, 2.24) is 10.3 Å². The Labute approximate surface area is 142 Å². The number of nitrogens with one attached hydrogen (secondary N) is 1. The standard InChI is InChI=1S/C17H17N3OS2/c1-9-6-10-14(8-19-9)22-13(7-15(18)21)16(10)17-20-11-4-2-3-5-12(11)23-17/h2-5,9,19H,6-8H2,1H3,(H2,18,21). The van der Waals surface area contributed by atoms with Crippen LogP contribution in [-0.4, -0.2) is 16.9 Å². The third-order valence-electron chi connectivity index (χ3n) is 4.13. The highest BCUT2D eigenvalue weighted by Gasteiger charge is 2.26. The van der Waals surface area contributed by atoms with E-state index in [9.17, 15) is 4.79 Å². The van der Waals surface area contributed by atoms with Crippen molar-refractivity contribution in [1.29, 1.82) is 0 Å². The molecule has 0 aliphatic carbocycles. The van der Waals surface area contributed by atoms with E-state index in [0.717, 1.165) is 33.9 Å². The largest absolute Gasteiger partial charge is 0.369 e. The van der Waals surface area contributed by atoms with Crippen molar-refractivity contribution in [2.75, 3.05) is 0 Å². The molecule has 1 amide bonds. The molecule has 0 spiro atoms. The minimum atomic E-state index is -0.285. The molecule has 0 radical (unpaired) electrons. The van der Waals surface area contributed by atoms with Gasteiger partial charge in [-0.25, -0.2) is 4.98 Å². The van der Waals surface area contributed by atoms with E-state index in [1.807, 2.05) is 18.2 Å². The maximum atomic E-state index is 11.5. The lowest BCUT2D eigenvalue weighted by molar-refractivity contribution is -0.117. The first-order valence-electron chi connectivity index (χ1n) is 7.63. The van der Waals surface area contributed by atoms with Crippen LogP contribution in [-0.2, 0) is 24.2 Å². The average molecular weight is 343 g/mol. The van der Waals surface area contributed by atoms with Crippen LogP contribution in [0.1, 0.15) is 22.2 Å². The minimum absolute atomic E-state index is 0.285. The molecule has 3 aromatic rings. The Kier molecular flexibility index (Phi) is 3.67. The van der Waals surface area contributed by atoms with Gasteiger partial charge in [0, 0.05) is 27.9 Å². The van der Waals surface area contributed by atoms with Gasteiger partial charge in [0.15, 0.2) is 0 Å². The SMILES string of the molecule is CC1Cc2c(sc(CC(N)=O)c2-c2nc3ccccc3s2)CN1. The lowest BCUT2D eigenvalue weighted by Gasteiger charge is -2.20. The minimum Gasteiger partial charge on any atom is -0.369 e. The average Bonchev–Trinajstić information content (AvgIpc) is 3.06. The number of aromatic nitrogens is 1. The quantitative estimate of drug-likeness (QED) is 0.768. The molecule has 1 aliphatic rings. The number of nitrogens with zero attached hydrogens (tertiary/aromatic N) is 1. The first-order chi connectivity index (χ1) is 11.1. The summed E-state index contributed by atoms with van der Waals surface area (Å²) in [7, 11) is 0. The molecule has 6 heteroatoms. The summed E-state index contributed by atoms with van der Waals surface area (Å²) < 4.78 is 1.18. The monoisotopic (exact) mass is 343 g/mol. The number of primary amides is 1. The second-order valence-electron chi connectivity index (χ2n) is 5.92. The second-order valence-corrected chi connectivity index (χ2v) is 8.14. The Balaban J connectivity index is 1.91. The van der Waals surface area contributed by atoms with Crippen molar-refractivity contribution in [3.05, 3.63) is 39.6 Å². The maximum Gasteiger partial charge on any atom is 0.222 e. The van der Waals surface area contributed by atoms with Gasteiger partial charge in [0.25, 0.3) is 0 Å². The molecule has 1 aliphatic heterocycles. The molecule has 4 nitrogen and oxygen atoms in total. The number of rotatable bonds is 3. The normalized spacial score (nSPS) is 17.3. The summed E-state index contributed by atoms with van der Waals surface area (Å²) in [4.78, 5) is 18.7. The number of para-hydroxylation sites is 1. The molecule has 1 atom stereocenters. The number of hydrogen-bond acceptors (Lipinski definition) is 5. The zero-order valence-corrected chi connectivity index (χ0v) is 14.4. The van der Waals surface area contributed by atoms with Crippen molar-refractivity contribution in [2.45, 2.75) is 32.4 Å². The molecule has 1 aromatic carbocycles. The molecule has 23 heavy (non-hydrogen) atoms. The zero-order chi connectivity index (χ0) is 16.0. The number of nitrogens with two attached hydrogens (primary N) is 1. The summed E-state index contributed by atoms with van der Waals surface area (Å²) in [6.45, 7) is 3.05. The van der Waals surface area contributed by atoms with E-state index in [4.69, 9.17) is 10.7 Å². The molecular formula is C17H17N3OS2. The van der Waals surface area contributed by atoms with Gasteiger partial charge in [-0.15, -0.1) is 22.7 Å². The Morgan fingerprint density at radius 1 is 1.39 bits per heavy atom. The maximum absolute atomic E-state index is 11.5. The Morgan fingerprint density at radius 3 is 3.00 bits per heavy atom. The van der Waals surface area contributed by atoms with Crippen LogP contribution < -0.4 is 11.1 Å². The molecule has 3 heterocycles. The fraction of sp³-hybridized carbons (Fsp3) is 0.294. The summed E-state index contributed by atoms with van der Waals surface area (Å²) in [6.07, 6.45) is 1.26. The van der Waals surface area contributed by atoms with E-state index in [2.05, 4.69) is 18.3 Å². The Hall–Kier alpha value is -1.76. The molecule has 1 unspecified atom stereocenters. The molecule has 4 rings (SSSR count). The third-order valence-corrected chi connectivity index (χ3v) is 6.41. The lowest BCUT2D eigenvalue weighted by atomic mass is 9.98. The smallest absolute Gasteiger partial charge is 0.222 e. The van der Waals surface area contributed by atoms with Crippen LogP contribution in [0.4, 0.5) is 0 Å². The molecule has 2 aromatic heterocycles. The van der Waals surface area contributed by atoms with E-state index in [0.29, 0.717) is 6.04 Å². The van der Waals surface area contributed by atoms with Crippen LogP contribution in [0.3, 0.4) is 0 Å². The predicted molar refractivity (Wildman–Crippen MR) is 95.8 cm³/mol. The fourth-order valence-electron chi connectivity index (χ4n) is 3.08. The van der Waals surface area contributed by atoms with E-state index in [-0.39, 0.29) is 12.3 Å². The van der Waals surface area contributed by atoms with Gasteiger partial charge in [0.1, 0.15) is 5.01 Å². The Bertz CT molecular complexity index is 864. The highest BCUT2D eigenvalue weighted by Crippen LogP contribution is 2.42. The summed E-state index contributed by atoms with van der Waals surface area (Å²) in [5.74, 6) is -0.285. The van der Waals surface area contributed by atoms with Gasteiger partial charge in [-0.3, -0.25) is 4.79 Å². The van der Waals surface area contributed by atoms with Gasteiger partial charge < -0.3 is 11.1 Å². The molecule has 0 saturated heterocycles. The third kappa shape index (κ3) is 2.67. The summed E-state index contributed by atoms with van der Waals surface area (Å²) in [6, 6.07) is 8.60. The van der Waals surface area contributed by atoms with Crippen LogP contribution in [0.2, 0.25) is 0 Å². The molecular weight excluding hydrogens is 326 g/mol. The number of amides is 1. The topological polar surface area (TPSA) is 68.0 Å². The molecule has 0 saturated carbocycles. The number of hydrogen-bond donors (Lipinski definition) is 2. The van der Waals surface area contributed by atoms with Crippen LogP contribution in [0.15, 0.2) is 24.3 Å². The first kappa shape index (κ1) is 14.8. The van der Waals surface area contributed by atoms with E-state index >= 15 is 0 Å². The van der Waals surface area contributed by atoms with Crippen LogP contribution in [0.5, 0.6) is 0 Å². The van der Waals surface area contributed by atoms with Crippen LogP contribution >= 0.6 is 22.7 Å². The van der Waals surface area contributed by atoms with Crippen molar-refractivity contribution >= 4 is 38.8 Å². The van der Waals surface area contributed by atoms with Gasteiger partial charge in [-0.2, -0.15) is 0 Å². The summed E-state index contributed by atoms with van der Waals surface area (Å²) in [5.41, 5.74) is 8.98. The fourth-order valence-corrected chi connectivity index (χ4v) is 5.51. The van der Waals surface area contributed by atoms with Crippen molar-refractivity contribution < 1.29 is 4.79 Å². The van der Waals surface area contributed by atoms with Gasteiger partial charge in [0.2, 0.25) is 5.91 Å². The lowest BCUT2D eigenvalue weighted by Crippen LogP contribution is -2.32. The molecule has 0 fully saturated rings. The van der Waals surface area contributed by atoms with Gasteiger partial charge in [0.05, 0.1) is 16.6 Å². The number of thiophene rings is 1. The number of carbonyl (C=O) groups is 1. The first-order valence-corrected chi connectivity index (χ1v) is 9.26. The molecule has 0 bridgehead atoms. The van der Waals surface area contributed by atoms with E-state index in [1.165, 1.54) is 15.1 Å². The molecule has 118 valence electrons. The van der Waals surface area contributed by atoms with Crippen molar-refractivity contribution in [2.24, 2.45) is 5.73 Å². The van der Waals surface area contributed by atoms with Crippen molar-refractivity contribution in [3.63, 3.8) is 0 Å². The van der Waals surface area contributed by atoms with Gasteiger partial charge >= 0.3 is 0 Å². The van der Waals surface area contributed by atoms with Gasteiger partial charge in [-0.1, -0.05) is 12.1 Å². The van der Waals surface area contributed by atoms with Crippen LogP contribution in [0.25, 0.3) is 20.8 Å². The van der Waals surface area contributed by atoms with Crippen molar-refractivity contribution in [3.8, 4) is 10.6 Å². The second kappa shape index (κ2) is 5.70. The number of fused-ring (bicyclic) bond motifs is 2. The highest BCUT2D eigenvalue weighted by atomic mass is 32.1. The number of thiazole rings is 1. The molecule has 3 N–H and O–H groups in total. The van der Waals surface area contributed by atoms with Gasteiger partial charge in [-0.05, 0) is 31.0 Å². The van der Waals surface area contributed by atoms with E-state index < -0.39 is 0 Å². The number of benzene rings is 1. The van der Waals surface area contributed by atoms with E-state index in [1.54, 1.807) is 22.7 Å². The predicted octanol–water partition coefficient (Wildman–Crippen LogP) is 3.09. The summed E-state index contributed by atoms with van der Waals surface area (Å²) in [5, 5.41) is 4.50.